The summed E-state index contributed by atoms with van der Waals surface area (Å²) in [6, 6.07) is 8.20. The monoisotopic (exact) mass is 384 g/mol. The van der Waals surface area contributed by atoms with Gasteiger partial charge in [-0.05, 0) is 51.2 Å². The molecule has 0 aliphatic heterocycles. The molecule has 1 aromatic heterocycles. The van der Waals surface area contributed by atoms with Crippen molar-refractivity contribution in [2.75, 3.05) is 32.8 Å². The molecule has 1 fully saturated rings. The second-order valence-corrected chi connectivity index (χ2v) is 7.32. The molecule has 0 amide bonds. The van der Waals surface area contributed by atoms with Gasteiger partial charge in [-0.1, -0.05) is 17.7 Å². The molecule has 1 saturated carbocycles. The van der Waals surface area contributed by atoms with Gasteiger partial charge in [-0.25, -0.2) is 4.98 Å². The lowest BCUT2D eigenvalue weighted by molar-refractivity contribution is 0.123. The van der Waals surface area contributed by atoms with Crippen LogP contribution in [0.4, 0.5) is 0 Å². The zero-order chi connectivity index (χ0) is 19.6. The average Bonchev–Trinajstić information content (AvgIpc) is 3.41. The Kier molecular flexibility index (Phi) is 7.91. The molecule has 0 unspecified atom stereocenters. The minimum absolute atomic E-state index is 0.668. The molecule has 2 N–H and O–H groups in total. The van der Waals surface area contributed by atoms with E-state index >= 15 is 0 Å². The van der Waals surface area contributed by atoms with Crippen molar-refractivity contribution in [2.45, 2.75) is 39.5 Å². The van der Waals surface area contributed by atoms with Gasteiger partial charge in [-0.2, -0.15) is 0 Å². The highest BCUT2D eigenvalue weighted by atomic mass is 16.5. The smallest absolute Gasteiger partial charge is 0.226 e. The Morgan fingerprint density at radius 2 is 2.07 bits per heavy atom. The second kappa shape index (κ2) is 10.9. The van der Waals surface area contributed by atoms with Crippen LogP contribution in [0.5, 0.6) is 0 Å². The van der Waals surface area contributed by atoms with E-state index in [2.05, 4.69) is 46.6 Å². The molecule has 0 saturated heterocycles. The highest BCUT2D eigenvalue weighted by molar-refractivity contribution is 5.79. The number of aryl methyl sites for hydroxylation is 1. The summed E-state index contributed by atoms with van der Waals surface area (Å²) in [5.41, 5.74) is 3.17. The molecule has 1 aliphatic rings. The Morgan fingerprint density at radius 3 is 2.82 bits per heavy atom. The van der Waals surface area contributed by atoms with Crippen molar-refractivity contribution in [1.82, 2.24) is 15.6 Å². The van der Waals surface area contributed by atoms with E-state index < -0.39 is 0 Å². The highest BCUT2D eigenvalue weighted by Crippen LogP contribution is 2.28. The predicted molar refractivity (Wildman–Crippen MR) is 113 cm³/mol. The number of ether oxygens (including phenoxy) is 1. The van der Waals surface area contributed by atoms with Crippen LogP contribution in [-0.4, -0.2) is 43.8 Å². The Bertz CT molecular complexity index is 735. The molecule has 1 aromatic carbocycles. The lowest BCUT2D eigenvalue weighted by Crippen LogP contribution is -2.38. The first-order valence-corrected chi connectivity index (χ1v) is 10.4. The van der Waals surface area contributed by atoms with Crippen molar-refractivity contribution in [2.24, 2.45) is 10.9 Å². The molecule has 1 heterocycles. The van der Waals surface area contributed by atoms with Crippen molar-refractivity contribution < 1.29 is 9.15 Å². The van der Waals surface area contributed by atoms with Gasteiger partial charge in [0.05, 0.1) is 5.69 Å². The minimum atomic E-state index is 0.668. The van der Waals surface area contributed by atoms with E-state index in [-0.39, 0.29) is 0 Å². The van der Waals surface area contributed by atoms with Gasteiger partial charge in [0.1, 0.15) is 6.26 Å². The van der Waals surface area contributed by atoms with Gasteiger partial charge >= 0.3 is 0 Å². The van der Waals surface area contributed by atoms with Gasteiger partial charge in [0.2, 0.25) is 5.89 Å². The number of oxazole rings is 1. The number of guanidine groups is 1. The lowest BCUT2D eigenvalue weighted by atomic mass is 10.1. The van der Waals surface area contributed by atoms with E-state index in [1.54, 1.807) is 6.26 Å². The third kappa shape index (κ3) is 7.00. The Hall–Kier alpha value is -2.34. The van der Waals surface area contributed by atoms with Crippen LogP contribution in [0.2, 0.25) is 0 Å². The average molecular weight is 385 g/mol. The van der Waals surface area contributed by atoms with Crippen molar-refractivity contribution in [3.63, 3.8) is 0 Å². The minimum Gasteiger partial charge on any atom is -0.444 e. The summed E-state index contributed by atoms with van der Waals surface area (Å²) >= 11 is 0. The predicted octanol–water partition coefficient (Wildman–Crippen LogP) is 3.56. The third-order valence-corrected chi connectivity index (χ3v) is 4.64. The van der Waals surface area contributed by atoms with Crippen LogP contribution in [0.1, 0.15) is 37.4 Å². The van der Waals surface area contributed by atoms with Crippen molar-refractivity contribution >= 4 is 5.96 Å². The molecule has 3 rings (SSSR count). The Balaban J connectivity index is 1.38. The first-order chi connectivity index (χ1) is 13.7. The van der Waals surface area contributed by atoms with E-state index in [4.69, 9.17) is 9.15 Å². The van der Waals surface area contributed by atoms with Crippen molar-refractivity contribution in [3.05, 3.63) is 41.8 Å². The molecular formula is C22H32N4O2. The number of nitrogens with one attached hydrogen (secondary N) is 2. The largest absolute Gasteiger partial charge is 0.444 e. The second-order valence-electron chi connectivity index (χ2n) is 7.32. The van der Waals surface area contributed by atoms with Gasteiger partial charge in [0.15, 0.2) is 5.96 Å². The van der Waals surface area contributed by atoms with Gasteiger partial charge < -0.3 is 19.8 Å². The summed E-state index contributed by atoms with van der Waals surface area (Å²) in [5.74, 6) is 2.33. The summed E-state index contributed by atoms with van der Waals surface area (Å²) < 4.78 is 11.3. The number of aromatic nitrogens is 1. The molecule has 0 bridgehead atoms. The van der Waals surface area contributed by atoms with E-state index in [1.807, 2.05) is 12.1 Å². The number of aliphatic imine (C=N–C) groups is 1. The number of hydrogen-bond donors (Lipinski definition) is 2. The first kappa shape index (κ1) is 20.4. The van der Waals surface area contributed by atoms with E-state index in [0.717, 1.165) is 68.8 Å². The van der Waals surface area contributed by atoms with E-state index in [0.29, 0.717) is 5.89 Å². The zero-order valence-corrected chi connectivity index (χ0v) is 17.0. The maximum absolute atomic E-state index is 5.65. The SMILES string of the molecule is CCNC(=NCCCOCC1CC1)NCCc1coc(-c2ccc(C)cc2)n1. The van der Waals surface area contributed by atoms with Crippen molar-refractivity contribution in [3.8, 4) is 11.5 Å². The molecule has 0 atom stereocenters. The van der Waals surface area contributed by atoms with Gasteiger partial charge in [0.25, 0.3) is 0 Å². The molecule has 6 nitrogen and oxygen atoms in total. The fourth-order valence-corrected chi connectivity index (χ4v) is 2.79. The van der Waals surface area contributed by atoms with Crippen LogP contribution in [0, 0.1) is 12.8 Å². The molecule has 2 aromatic rings. The van der Waals surface area contributed by atoms with Crippen LogP contribution in [0.15, 0.2) is 39.9 Å². The Morgan fingerprint density at radius 1 is 1.25 bits per heavy atom. The molecular weight excluding hydrogens is 352 g/mol. The van der Waals surface area contributed by atoms with Crippen LogP contribution in [0.3, 0.4) is 0 Å². The maximum atomic E-state index is 5.65. The number of hydrogen-bond acceptors (Lipinski definition) is 4. The van der Waals surface area contributed by atoms with Gasteiger partial charge in [-0.3, -0.25) is 4.99 Å². The maximum Gasteiger partial charge on any atom is 0.226 e. The highest BCUT2D eigenvalue weighted by Gasteiger charge is 2.20. The van der Waals surface area contributed by atoms with Crippen LogP contribution in [0.25, 0.3) is 11.5 Å². The van der Waals surface area contributed by atoms with E-state index in [1.165, 1.54) is 18.4 Å². The number of nitrogens with zero attached hydrogens (tertiary/aromatic N) is 2. The fourth-order valence-electron chi connectivity index (χ4n) is 2.79. The van der Waals surface area contributed by atoms with Crippen LogP contribution in [-0.2, 0) is 11.2 Å². The van der Waals surface area contributed by atoms with Crippen molar-refractivity contribution in [1.29, 1.82) is 0 Å². The molecule has 1 aliphatic carbocycles. The summed E-state index contributed by atoms with van der Waals surface area (Å²) in [7, 11) is 0. The standard InChI is InChI=1S/C22H32N4O2/c1-3-23-22(24-12-4-14-27-15-18-7-8-18)25-13-11-20-16-28-21(26-20)19-9-5-17(2)6-10-19/h5-6,9-10,16,18H,3-4,7-8,11-15H2,1-2H3,(H2,23,24,25). The summed E-state index contributed by atoms with van der Waals surface area (Å²) in [6.07, 6.45) is 6.14. The molecule has 28 heavy (non-hydrogen) atoms. The lowest BCUT2D eigenvalue weighted by Gasteiger charge is -2.10. The molecule has 152 valence electrons. The Labute approximate surface area is 167 Å². The fraction of sp³-hybridized carbons (Fsp3) is 0.545. The number of rotatable bonds is 11. The van der Waals surface area contributed by atoms with Gasteiger partial charge in [-0.15, -0.1) is 0 Å². The van der Waals surface area contributed by atoms with E-state index in [9.17, 15) is 0 Å². The topological polar surface area (TPSA) is 71.7 Å². The van der Waals surface area contributed by atoms with Crippen LogP contribution >= 0.6 is 0 Å². The summed E-state index contributed by atoms with van der Waals surface area (Å²) in [6.45, 7) is 8.21. The summed E-state index contributed by atoms with van der Waals surface area (Å²) in [4.78, 5) is 9.19. The third-order valence-electron chi connectivity index (χ3n) is 4.64. The quantitative estimate of drug-likeness (QED) is 0.352. The first-order valence-electron chi connectivity index (χ1n) is 10.4. The van der Waals surface area contributed by atoms with Gasteiger partial charge in [0, 0.05) is 44.8 Å². The molecule has 0 spiro atoms. The number of benzene rings is 1. The molecule has 6 heteroatoms. The molecule has 0 radical (unpaired) electrons. The normalized spacial score (nSPS) is 14.3. The zero-order valence-electron chi connectivity index (χ0n) is 17.0. The summed E-state index contributed by atoms with van der Waals surface area (Å²) in [5, 5.41) is 6.64. The van der Waals surface area contributed by atoms with Crippen LogP contribution < -0.4 is 10.6 Å².